The number of hydrogen-bond donors (Lipinski definition) is 1. The number of hydrogen-bond acceptors (Lipinski definition) is 4. The molecule has 1 amide bonds. The van der Waals surface area contributed by atoms with Crippen molar-refractivity contribution in [1.29, 1.82) is 0 Å². The van der Waals surface area contributed by atoms with Crippen molar-refractivity contribution in [2.24, 2.45) is 11.8 Å². The Morgan fingerprint density at radius 2 is 2.35 bits per heavy atom. The van der Waals surface area contributed by atoms with Crippen molar-refractivity contribution in [3.05, 3.63) is 22.4 Å². The number of thioether (sulfide) groups is 1. The Labute approximate surface area is 129 Å². The van der Waals surface area contributed by atoms with Gasteiger partial charge in [-0.2, -0.15) is 23.1 Å². The van der Waals surface area contributed by atoms with E-state index in [-0.39, 0.29) is 18.1 Å². The van der Waals surface area contributed by atoms with Crippen LogP contribution in [0.2, 0.25) is 0 Å². The second kappa shape index (κ2) is 6.08. The number of nitrogens with zero attached hydrogens (tertiary/aromatic N) is 1. The Balaban J connectivity index is 1.80. The van der Waals surface area contributed by atoms with Crippen molar-refractivity contribution in [3.63, 3.8) is 0 Å². The first-order valence-electron chi connectivity index (χ1n) is 7.33. The predicted molar refractivity (Wildman–Crippen MR) is 86.0 cm³/mol. The molecule has 0 aliphatic carbocycles. The van der Waals surface area contributed by atoms with Gasteiger partial charge in [0.05, 0.1) is 6.04 Å². The molecule has 3 rings (SSSR count). The molecule has 3 nitrogen and oxygen atoms in total. The summed E-state index contributed by atoms with van der Waals surface area (Å²) in [7, 11) is 0. The molecule has 1 aromatic heterocycles. The largest absolute Gasteiger partial charge is 0.321 e. The summed E-state index contributed by atoms with van der Waals surface area (Å²) in [5.74, 6) is 3.74. The minimum absolute atomic E-state index is 0.0334. The van der Waals surface area contributed by atoms with Crippen molar-refractivity contribution in [2.75, 3.05) is 18.1 Å². The predicted octanol–water partition coefficient (Wildman–Crippen LogP) is 2.96. The lowest BCUT2D eigenvalue weighted by atomic mass is 10.0. The van der Waals surface area contributed by atoms with Crippen LogP contribution >= 0.6 is 23.1 Å². The first-order chi connectivity index (χ1) is 9.66. The molecule has 2 aliphatic rings. The summed E-state index contributed by atoms with van der Waals surface area (Å²) in [6, 6.07) is 2.10. The fraction of sp³-hybridized carbons (Fsp3) is 0.667. The highest BCUT2D eigenvalue weighted by Crippen LogP contribution is 2.32. The molecule has 0 bridgehead atoms. The van der Waals surface area contributed by atoms with Crippen molar-refractivity contribution < 1.29 is 4.79 Å². The van der Waals surface area contributed by atoms with E-state index >= 15 is 0 Å². The van der Waals surface area contributed by atoms with Crippen LogP contribution in [0.3, 0.4) is 0 Å². The van der Waals surface area contributed by atoms with E-state index < -0.39 is 0 Å². The van der Waals surface area contributed by atoms with E-state index in [4.69, 9.17) is 0 Å². The van der Waals surface area contributed by atoms with Crippen LogP contribution < -0.4 is 5.32 Å². The van der Waals surface area contributed by atoms with Crippen LogP contribution in [0, 0.1) is 11.8 Å². The van der Waals surface area contributed by atoms with Crippen LogP contribution in [0.5, 0.6) is 0 Å². The minimum Gasteiger partial charge on any atom is -0.321 e. The van der Waals surface area contributed by atoms with Crippen LogP contribution in [0.1, 0.15) is 32.0 Å². The zero-order valence-corrected chi connectivity index (χ0v) is 13.7. The standard InChI is InChI=1S/C15H22N2OS2/c1-10(2)13-15(18)17(7-11-3-5-19-8-11)14(16-13)12-4-6-20-9-12/h4,6,9-11,13-14,16H,3,5,7-8H2,1-2H3. The molecule has 20 heavy (non-hydrogen) atoms. The van der Waals surface area contributed by atoms with Crippen LogP contribution in [0.4, 0.5) is 0 Å². The average Bonchev–Trinajstić information content (AvgIpc) is 3.13. The van der Waals surface area contributed by atoms with Gasteiger partial charge < -0.3 is 4.90 Å². The number of nitrogens with one attached hydrogen (secondary N) is 1. The second-order valence-electron chi connectivity index (χ2n) is 6.07. The lowest BCUT2D eigenvalue weighted by Gasteiger charge is -2.26. The van der Waals surface area contributed by atoms with Gasteiger partial charge in [0.2, 0.25) is 5.91 Å². The Kier molecular flexibility index (Phi) is 4.38. The fourth-order valence-electron chi connectivity index (χ4n) is 3.02. The maximum atomic E-state index is 12.7. The SMILES string of the molecule is CC(C)C1NC(c2ccsc2)N(CC2CCSC2)C1=O. The van der Waals surface area contributed by atoms with Gasteiger partial charge in [-0.3, -0.25) is 10.1 Å². The summed E-state index contributed by atoms with van der Waals surface area (Å²) >= 11 is 3.72. The summed E-state index contributed by atoms with van der Waals surface area (Å²) in [5, 5.41) is 7.79. The van der Waals surface area contributed by atoms with Gasteiger partial charge >= 0.3 is 0 Å². The molecule has 3 unspecified atom stereocenters. The van der Waals surface area contributed by atoms with E-state index in [0.717, 1.165) is 6.54 Å². The summed E-state index contributed by atoms with van der Waals surface area (Å²) in [6.07, 6.45) is 1.32. The lowest BCUT2D eigenvalue weighted by molar-refractivity contribution is -0.131. The summed E-state index contributed by atoms with van der Waals surface area (Å²) in [5.41, 5.74) is 1.23. The molecule has 2 saturated heterocycles. The topological polar surface area (TPSA) is 32.3 Å². The van der Waals surface area contributed by atoms with Crippen molar-refractivity contribution in [3.8, 4) is 0 Å². The van der Waals surface area contributed by atoms with E-state index in [0.29, 0.717) is 11.8 Å². The molecule has 2 fully saturated rings. The second-order valence-corrected chi connectivity index (χ2v) is 8.00. The third kappa shape index (κ3) is 2.76. The first-order valence-corrected chi connectivity index (χ1v) is 9.43. The molecular formula is C15H22N2OS2. The molecule has 0 saturated carbocycles. The van der Waals surface area contributed by atoms with Gasteiger partial charge in [-0.1, -0.05) is 13.8 Å². The summed E-state index contributed by atoms with van der Waals surface area (Å²) < 4.78 is 0. The zero-order chi connectivity index (χ0) is 14.1. The highest BCUT2D eigenvalue weighted by atomic mass is 32.2. The number of amides is 1. The van der Waals surface area contributed by atoms with Gasteiger partial charge in [-0.25, -0.2) is 0 Å². The van der Waals surface area contributed by atoms with E-state index in [1.807, 2.05) is 11.8 Å². The zero-order valence-electron chi connectivity index (χ0n) is 12.0. The first kappa shape index (κ1) is 14.4. The molecule has 3 atom stereocenters. The number of thiophene rings is 1. The summed E-state index contributed by atoms with van der Waals surface area (Å²) in [4.78, 5) is 14.8. The normalized spacial score (nSPS) is 30.6. The van der Waals surface area contributed by atoms with Crippen LogP contribution in [0.25, 0.3) is 0 Å². The van der Waals surface area contributed by atoms with Crippen LogP contribution in [0.15, 0.2) is 16.8 Å². The van der Waals surface area contributed by atoms with E-state index in [1.54, 1.807) is 11.3 Å². The summed E-state index contributed by atoms with van der Waals surface area (Å²) in [6.45, 7) is 5.15. The monoisotopic (exact) mass is 310 g/mol. The van der Waals surface area contributed by atoms with Crippen molar-refractivity contribution in [1.82, 2.24) is 10.2 Å². The van der Waals surface area contributed by atoms with Gasteiger partial charge in [-0.05, 0) is 52.2 Å². The average molecular weight is 310 g/mol. The quantitative estimate of drug-likeness (QED) is 0.928. The third-order valence-electron chi connectivity index (χ3n) is 4.20. The van der Waals surface area contributed by atoms with Crippen molar-refractivity contribution >= 4 is 29.0 Å². The molecule has 0 radical (unpaired) electrons. The molecule has 2 aliphatic heterocycles. The van der Waals surface area contributed by atoms with Crippen LogP contribution in [-0.4, -0.2) is 34.9 Å². The molecule has 0 spiro atoms. The van der Waals surface area contributed by atoms with Gasteiger partial charge in [-0.15, -0.1) is 0 Å². The van der Waals surface area contributed by atoms with Gasteiger partial charge in [0.1, 0.15) is 6.17 Å². The molecule has 3 heterocycles. The number of carbonyl (C=O) groups is 1. The molecule has 5 heteroatoms. The maximum Gasteiger partial charge on any atom is 0.241 e. The van der Waals surface area contributed by atoms with Crippen LogP contribution in [-0.2, 0) is 4.79 Å². The van der Waals surface area contributed by atoms with E-state index in [1.165, 1.54) is 23.5 Å². The smallest absolute Gasteiger partial charge is 0.241 e. The molecule has 1 N–H and O–H groups in total. The lowest BCUT2D eigenvalue weighted by Crippen LogP contribution is -2.36. The minimum atomic E-state index is -0.0334. The third-order valence-corrected chi connectivity index (χ3v) is 6.14. The Morgan fingerprint density at radius 3 is 2.95 bits per heavy atom. The molecule has 1 aromatic rings. The fourth-order valence-corrected chi connectivity index (χ4v) is 4.97. The number of rotatable bonds is 4. The van der Waals surface area contributed by atoms with Gasteiger partial charge in [0.15, 0.2) is 0 Å². The van der Waals surface area contributed by atoms with Gasteiger partial charge in [0, 0.05) is 6.54 Å². The van der Waals surface area contributed by atoms with Crippen molar-refractivity contribution in [2.45, 2.75) is 32.5 Å². The van der Waals surface area contributed by atoms with Gasteiger partial charge in [0.25, 0.3) is 0 Å². The highest BCUT2D eigenvalue weighted by Gasteiger charge is 2.42. The molecular weight excluding hydrogens is 288 g/mol. The Morgan fingerprint density at radius 1 is 1.50 bits per heavy atom. The van der Waals surface area contributed by atoms with E-state index in [9.17, 15) is 4.79 Å². The van der Waals surface area contributed by atoms with E-state index in [2.05, 4.69) is 40.9 Å². The molecule has 110 valence electrons. The maximum absolute atomic E-state index is 12.7. The highest BCUT2D eigenvalue weighted by molar-refractivity contribution is 7.99. The Bertz CT molecular complexity index is 454. The number of carbonyl (C=O) groups excluding carboxylic acids is 1. The molecule has 0 aromatic carbocycles. The Hall–Kier alpha value is -0.520.